The number of benzene rings is 1. The van der Waals surface area contributed by atoms with Crippen molar-refractivity contribution in [3.63, 3.8) is 0 Å². The minimum atomic E-state index is -0.499. The molecule has 5 nitrogen and oxygen atoms in total. The lowest BCUT2D eigenvalue weighted by Gasteiger charge is -2.31. The van der Waals surface area contributed by atoms with E-state index in [1.54, 1.807) is 18.2 Å². The van der Waals surface area contributed by atoms with E-state index in [0.717, 1.165) is 37.9 Å². The Labute approximate surface area is 141 Å². The smallest absolute Gasteiger partial charge is 0.321 e. The normalized spacial score (nSPS) is 15.7. The van der Waals surface area contributed by atoms with E-state index in [4.69, 9.17) is 0 Å². The lowest BCUT2D eigenvalue weighted by Crippen LogP contribution is -2.46. The number of halogens is 1. The van der Waals surface area contributed by atoms with Gasteiger partial charge in [-0.3, -0.25) is 15.0 Å². The van der Waals surface area contributed by atoms with Gasteiger partial charge in [-0.25, -0.2) is 9.18 Å². The maximum absolute atomic E-state index is 13.2. The van der Waals surface area contributed by atoms with Gasteiger partial charge in [-0.05, 0) is 56.0 Å². The summed E-state index contributed by atoms with van der Waals surface area (Å²) in [4.78, 5) is 25.3. The Morgan fingerprint density at radius 1 is 1.33 bits per heavy atom. The number of nitrogens with zero attached hydrogens (tertiary/aromatic N) is 1. The Hall–Kier alpha value is -2.21. The van der Waals surface area contributed by atoms with Crippen LogP contribution in [0.5, 0.6) is 0 Å². The molecule has 0 atom stereocenters. The van der Waals surface area contributed by atoms with Crippen LogP contribution in [-0.2, 0) is 11.2 Å². The summed E-state index contributed by atoms with van der Waals surface area (Å²) in [6.45, 7) is 5.65. The Balaban J connectivity index is 1.69. The van der Waals surface area contributed by atoms with Crippen LogP contribution in [0.1, 0.15) is 18.4 Å². The number of piperidine rings is 1. The molecule has 0 bridgehead atoms. The van der Waals surface area contributed by atoms with Gasteiger partial charge in [-0.15, -0.1) is 6.58 Å². The highest BCUT2D eigenvalue weighted by Crippen LogP contribution is 2.21. The molecule has 1 heterocycles. The van der Waals surface area contributed by atoms with Gasteiger partial charge in [0.1, 0.15) is 5.82 Å². The third kappa shape index (κ3) is 6.12. The van der Waals surface area contributed by atoms with Gasteiger partial charge in [0, 0.05) is 6.54 Å². The number of amides is 3. The average molecular weight is 333 g/mol. The highest BCUT2D eigenvalue weighted by atomic mass is 19.1. The summed E-state index contributed by atoms with van der Waals surface area (Å²) in [5.74, 6) is -0.00141. The topological polar surface area (TPSA) is 61.4 Å². The van der Waals surface area contributed by atoms with E-state index in [1.165, 1.54) is 6.07 Å². The quantitative estimate of drug-likeness (QED) is 0.784. The van der Waals surface area contributed by atoms with Crippen molar-refractivity contribution < 1.29 is 14.0 Å². The fourth-order valence-corrected chi connectivity index (χ4v) is 2.92. The van der Waals surface area contributed by atoms with E-state index >= 15 is 0 Å². The molecule has 0 unspecified atom stereocenters. The molecule has 0 spiro atoms. The first kappa shape index (κ1) is 18.1. The van der Waals surface area contributed by atoms with Crippen molar-refractivity contribution in [3.05, 3.63) is 48.3 Å². The van der Waals surface area contributed by atoms with E-state index in [-0.39, 0.29) is 18.3 Å². The molecule has 3 amide bonds. The molecular weight excluding hydrogens is 309 g/mol. The second-order valence-electron chi connectivity index (χ2n) is 6.10. The second-order valence-corrected chi connectivity index (χ2v) is 6.10. The summed E-state index contributed by atoms with van der Waals surface area (Å²) < 4.78 is 13.2. The van der Waals surface area contributed by atoms with Crippen LogP contribution in [0.4, 0.5) is 9.18 Å². The predicted molar refractivity (Wildman–Crippen MR) is 91.0 cm³/mol. The minimum Gasteiger partial charge on any atom is -0.334 e. The molecule has 0 radical (unpaired) electrons. The maximum atomic E-state index is 13.2. The van der Waals surface area contributed by atoms with Crippen molar-refractivity contribution in [3.8, 4) is 0 Å². The van der Waals surface area contributed by atoms with Crippen LogP contribution in [0, 0.1) is 11.7 Å². The van der Waals surface area contributed by atoms with Crippen molar-refractivity contribution in [1.29, 1.82) is 0 Å². The molecular formula is C18H24FN3O2. The number of carbonyl (C=O) groups excluding carboxylic acids is 2. The van der Waals surface area contributed by atoms with Gasteiger partial charge in [-0.1, -0.05) is 18.2 Å². The zero-order chi connectivity index (χ0) is 17.4. The Kier molecular flexibility index (Phi) is 6.93. The molecule has 2 rings (SSSR count). The van der Waals surface area contributed by atoms with Crippen LogP contribution in [0.25, 0.3) is 0 Å². The number of urea groups is 1. The van der Waals surface area contributed by atoms with Gasteiger partial charge in [0.2, 0.25) is 5.91 Å². The average Bonchev–Trinajstić information content (AvgIpc) is 2.55. The molecule has 1 aromatic carbocycles. The molecule has 130 valence electrons. The SMILES string of the molecule is C=CCNC(=O)NC(=O)CN1CCC(Cc2cccc(F)c2)CC1. The third-order valence-electron chi connectivity index (χ3n) is 4.15. The van der Waals surface area contributed by atoms with Gasteiger partial charge in [0.15, 0.2) is 0 Å². The number of hydrogen-bond acceptors (Lipinski definition) is 3. The molecule has 2 N–H and O–H groups in total. The summed E-state index contributed by atoms with van der Waals surface area (Å²) in [7, 11) is 0. The van der Waals surface area contributed by atoms with Crippen LogP contribution in [0.3, 0.4) is 0 Å². The Morgan fingerprint density at radius 3 is 2.75 bits per heavy atom. The highest BCUT2D eigenvalue weighted by Gasteiger charge is 2.21. The summed E-state index contributed by atoms with van der Waals surface area (Å²) >= 11 is 0. The molecule has 1 aromatic rings. The van der Waals surface area contributed by atoms with Crippen LogP contribution in [-0.4, -0.2) is 43.0 Å². The molecule has 1 saturated heterocycles. The Bertz CT molecular complexity index is 583. The van der Waals surface area contributed by atoms with Gasteiger partial charge in [0.25, 0.3) is 0 Å². The number of hydrogen-bond donors (Lipinski definition) is 2. The number of nitrogens with one attached hydrogen (secondary N) is 2. The summed E-state index contributed by atoms with van der Waals surface area (Å²) in [5, 5.41) is 4.80. The minimum absolute atomic E-state index is 0.198. The van der Waals surface area contributed by atoms with Crippen LogP contribution in [0.15, 0.2) is 36.9 Å². The standard InChI is InChI=1S/C18H24FN3O2/c1-2-8-20-18(24)21-17(23)13-22-9-6-14(7-10-22)11-15-4-3-5-16(19)12-15/h2-5,12,14H,1,6-11,13H2,(H2,20,21,23,24). The number of likely N-dealkylation sites (tertiary alicyclic amines) is 1. The highest BCUT2D eigenvalue weighted by molar-refractivity contribution is 5.95. The van der Waals surface area contributed by atoms with Crippen LogP contribution < -0.4 is 10.6 Å². The number of carbonyl (C=O) groups is 2. The summed E-state index contributed by atoms with van der Waals surface area (Å²) in [6, 6.07) is 6.23. The number of rotatable bonds is 6. The molecule has 1 fully saturated rings. The van der Waals surface area contributed by atoms with E-state index in [0.29, 0.717) is 12.5 Å². The maximum Gasteiger partial charge on any atom is 0.321 e. The molecule has 6 heteroatoms. The van der Waals surface area contributed by atoms with Gasteiger partial charge < -0.3 is 5.32 Å². The van der Waals surface area contributed by atoms with E-state index < -0.39 is 6.03 Å². The zero-order valence-electron chi connectivity index (χ0n) is 13.8. The first-order valence-electron chi connectivity index (χ1n) is 8.22. The molecule has 0 saturated carbocycles. The van der Waals surface area contributed by atoms with E-state index in [1.807, 2.05) is 11.0 Å². The third-order valence-corrected chi connectivity index (χ3v) is 4.15. The van der Waals surface area contributed by atoms with E-state index in [2.05, 4.69) is 17.2 Å². The van der Waals surface area contributed by atoms with Crippen LogP contribution in [0.2, 0.25) is 0 Å². The fraction of sp³-hybridized carbons (Fsp3) is 0.444. The monoisotopic (exact) mass is 333 g/mol. The summed E-state index contributed by atoms with van der Waals surface area (Å²) in [6.07, 6.45) is 4.34. The number of imide groups is 1. The van der Waals surface area contributed by atoms with Crippen molar-refractivity contribution >= 4 is 11.9 Å². The lowest BCUT2D eigenvalue weighted by molar-refractivity contribution is -0.121. The first-order chi connectivity index (χ1) is 11.6. The van der Waals surface area contributed by atoms with Gasteiger partial charge in [0.05, 0.1) is 6.54 Å². The Morgan fingerprint density at radius 2 is 2.08 bits per heavy atom. The largest absolute Gasteiger partial charge is 0.334 e. The molecule has 0 aliphatic carbocycles. The van der Waals surface area contributed by atoms with Gasteiger partial charge in [-0.2, -0.15) is 0 Å². The van der Waals surface area contributed by atoms with Crippen molar-refractivity contribution in [2.75, 3.05) is 26.2 Å². The fourth-order valence-electron chi connectivity index (χ4n) is 2.92. The lowest BCUT2D eigenvalue weighted by atomic mass is 9.90. The summed E-state index contributed by atoms with van der Waals surface area (Å²) in [5.41, 5.74) is 1.02. The second kappa shape index (κ2) is 9.17. The zero-order valence-corrected chi connectivity index (χ0v) is 13.8. The molecule has 1 aliphatic rings. The van der Waals surface area contributed by atoms with E-state index in [9.17, 15) is 14.0 Å². The molecule has 0 aromatic heterocycles. The van der Waals surface area contributed by atoms with Crippen molar-refractivity contribution in [2.45, 2.75) is 19.3 Å². The van der Waals surface area contributed by atoms with Crippen LogP contribution >= 0.6 is 0 Å². The van der Waals surface area contributed by atoms with Crippen molar-refractivity contribution in [2.24, 2.45) is 5.92 Å². The molecule has 24 heavy (non-hydrogen) atoms. The van der Waals surface area contributed by atoms with Gasteiger partial charge >= 0.3 is 6.03 Å². The molecule has 1 aliphatic heterocycles. The predicted octanol–water partition coefficient (Wildman–Crippen LogP) is 2.09. The first-order valence-corrected chi connectivity index (χ1v) is 8.22. The van der Waals surface area contributed by atoms with Crippen molar-refractivity contribution in [1.82, 2.24) is 15.5 Å².